The quantitative estimate of drug-likeness (QED) is 0.300. The maximum absolute atomic E-state index is 15.3. The van der Waals surface area contributed by atoms with Crippen LogP contribution in [0.5, 0.6) is 5.75 Å². The molecule has 0 saturated carbocycles. The van der Waals surface area contributed by atoms with Crippen molar-refractivity contribution in [2.45, 2.75) is 31.7 Å². The molecule has 48 heavy (non-hydrogen) atoms. The molecule has 248 valence electrons. The van der Waals surface area contributed by atoms with E-state index >= 15 is 4.39 Å². The highest BCUT2D eigenvalue weighted by molar-refractivity contribution is 5.92. The fourth-order valence-electron chi connectivity index (χ4n) is 6.25. The van der Waals surface area contributed by atoms with Crippen molar-refractivity contribution in [1.29, 1.82) is 5.26 Å². The van der Waals surface area contributed by atoms with Crippen molar-refractivity contribution in [3.05, 3.63) is 72.1 Å². The number of carbonyl (C=O) groups is 1. The van der Waals surface area contributed by atoms with Crippen LogP contribution in [0.4, 0.5) is 21.7 Å². The molecule has 7 rings (SSSR count). The molecule has 3 aliphatic rings. The van der Waals surface area contributed by atoms with Gasteiger partial charge in [0.2, 0.25) is 5.95 Å². The average molecular weight is 653 g/mol. The van der Waals surface area contributed by atoms with Crippen molar-refractivity contribution in [1.82, 2.24) is 34.3 Å². The smallest absolute Gasteiger partial charge is 0.272 e. The van der Waals surface area contributed by atoms with Crippen LogP contribution in [0.3, 0.4) is 0 Å². The van der Waals surface area contributed by atoms with Gasteiger partial charge >= 0.3 is 0 Å². The number of carbonyl (C=O) groups excluding carboxylic acids is 1. The van der Waals surface area contributed by atoms with Crippen molar-refractivity contribution in [3.63, 3.8) is 0 Å². The minimum Gasteiger partial charge on any atom is -0.486 e. The van der Waals surface area contributed by atoms with Gasteiger partial charge in [-0.3, -0.25) is 9.69 Å². The van der Waals surface area contributed by atoms with Gasteiger partial charge < -0.3 is 29.2 Å². The molecule has 3 fully saturated rings. The lowest BCUT2D eigenvalue weighted by Gasteiger charge is -2.43. The van der Waals surface area contributed by atoms with Crippen LogP contribution >= 0.6 is 0 Å². The zero-order valence-electron chi connectivity index (χ0n) is 26.9. The monoisotopic (exact) mass is 652 g/mol. The van der Waals surface area contributed by atoms with E-state index in [2.05, 4.69) is 53.3 Å². The molecule has 0 aliphatic carbocycles. The number of aromatic nitrogens is 5. The fraction of sp³-hybridized carbons (Fsp3) is 0.412. The van der Waals surface area contributed by atoms with E-state index in [9.17, 15) is 10.1 Å². The molecule has 2 atom stereocenters. The predicted octanol–water partition coefficient (Wildman–Crippen LogP) is 3.35. The van der Waals surface area contributed by atoms with Crippen molar-refractivity contribution in [2.24, 2.45) is 7.05 Å². The van der Waals surface area contributed by atoms with Gasteiger partial charge in [-0.1, -0.05) is 0 Å². The third kappa shape index (κ3) is 6.51. The predicted molar refractivity (Wildman–Crippen MR) is 176 cm³/mol. The van der Waals surface area contributed by atoms with E-state index in [-0.39, 0.29) is 30.2 Å². The minimum atomic E-state index is -1.42. The molecule has 13 nitrogen and oxygen atoms in total. The number of piperazine rings is 1. The topological polar surface area (TPSA) is 138 Å². The average Bonchev–Trinajstić information content (AvgIpc) is 3.42. The molecule has 5 heterocycles. The molecule has 1 amide bonds. The van der Waals surface area contributed by atoms with Crippen LogP contribution in [0.25, 0.3) is 11.4 Å². The molecule has 0 radical (unpaired) electrons. The largest absolute Gasteiger partial charge is 0.486 e. The second kappa shape index (κ2) is 13.5. The molecule has 1 N–H and O–H groups in total. The van der Waals surface area contributed by atoms with Crippen molar-refractivity contribution in [3.8, 4) is 23.2 Å². The first-order chi connectivity index (χ1) is 23.4. The SMILES string of the molecule is Cc1ncc(C(=O)N2CC[C@H](Oc3ccc(-c4ncnc(Nc5ccc(N6CCN(C7COC7)CC6)cc5)n4)cc3C#N)[C@@H](F)C2)n1C. The van der Waals surface area contributed by atoms with Gasteiger partial charge in [0.15, 0.2) is 12.0 Å². The number of piperidine rings is 1. The molecular weight excluding hydrogens is 615 g/mol. The number of aryl methyl sites for hydroxylation is 1. The summed E-state index contributed by atoms with van der Waals surface area (Å²) in [5.41, 5.74) is 3.25. The number of amides is 1. The summed E-state index contributed by atoms with van der Waals surface area (Å²) >= 11 is 0. The van der Waals surface area contributed by atoms with E-state index in [1.807, 2.05) is 12.1 Å². The zero-order valence-corrected chi connectivity index (χ0v) is 26.9. The summed E-state index contributed by atoms with van der Waals surface area (Å²) in [4.78, 5) is 36.6. The van der Waals surface area contributed by atoms with E-state index in [1.54, 1.807) is 36.7 Å². The van der Waals surface area contributed by atoms with Gasteiger partial charge in [0.25, 0.3) is 5.91 Å². The van der Waals surface area contributed by atoms with E-state index in [0.29, 0.717) is 41.4 Å². The lowest BCUT2D eigenvalue weighted by molar-refractivity contribution is -0.0660. The number of hydrogen-bond acceptors (Lipinski definition) is 11. The number of rotatable bonds is 8. The van der Waals surface area contributed by atoms with Crippen LogP contribution in [-0.4, -0.2) is 111 Å². The molecule has 0 unspecified atom stereocenters. The van der Waals surface area contributed by atoms with Gasteiger partial charge in [-0.15, -0.1) is 0 Å². The van der Waals surface area contributed by atoms with Gasteiger partial charge in [-0.05, 0) is 49.4 Å². The maximum atomic E-state index is 15.3. The fourth-order valence-corrected chi connectivity index (χ4v) is 6.25. The lowest BCUT2D eigenvalue weighted by Crippen LogP contribution is -2.56. The van der Waals surface area contributed by atoms with Crippen LogP contribution in [0.15, 0.2) is 55.0 Å². The van der Waals surface area contributed by atoms with Crippen molar-refractivity contribution < 1.29 is 18.7 Å². The lowest BCUT2D eigenvalue weighted by atomic mass is 10.0. The Kier molecular flexibility index (Phi) is 8.88. The van der Waals surface area contributed by atoms with Crippen LogP contribution in [0, 0.1) is 18.3 Å². The number of ether oxygens (including phenoxy) is 2. The third-order valence-corrected chi connectivity index (χ3v) is 9.36. The summed E-state index contributed by atoms with van der Waals surface area (Å²) in [6, 6.07) is 15.9. The number of benzene rings is 2. The second-order valence-electron chi connectivity index (χ2n) is 12.3. The number of hydrogen-bond donors (Lipinski definition) is 1. The molecule has 3 saturated heterocycles. The number of nitriles is 1. The number of anilines is 3. The van der Waals surface area contributed by atoms with Crippen LogP contribution in [0.1, 0.15) is 28.3 Å². The Morgan fingerprint density at radius 1 is 1.06 bits per heavy atom. The molecule has 14 heteroatoms. The van der Waals surface area contributed by atoms with Crippen LogP contribution < -0.4 is 15.0 Å². The first kappa shape index (κ1) is 31.5. The molecule has 3 aliphatic heterocycles. The Morgan fingerprint density at radius 2 is 1.85 bits per heavy atom. The summed E-state index contributed by atoms with van der Waals surface area (Å²) < 4.78 is 28.3. The highest BCUT2D eigenvalue weighted by atomic mass is 19.1. The van der Waals surface area contributed by atoms with Crippen molar-refractivity contribution in [2.75, 3.05) is 62.7 Å². The van der Waals surface area contributed by atoms with Crippen LogP contribution in [0.2, 0.25) is 0 Å². The third-order valence-electron chi connectivity index (χ3n) is 9.36. The van der Waals surface area contributed by atoms with E-state index in [1.165, 1.54) is 23.1 Å². The minimum absolute atomic E-state index is 0.107. The number of nitrogens with zero attached hydrogens (tertiary/aromatic N) is 9. The normalized spacial score (nSPS) is 20.2. The Bertz CT molecular complexity index is 1810. The molecule has 4 aromatic rings. The maximum Gasteiger partial charge on any atom is 0.272 e. The summed E-state index contributed by atoms with van der Waals surface area (Å²) in [5, 5.41) is 13.1. The summed E-state index contributed by atoms with van der Waals surface area (Å²) in [6.07, 6.45) is 0.982. The molecule has 0 bridgehead atoms. The summed E-state index contributed by atoms with van der Waals surface area (Å²) in [7, 11) is 1.76. The number of likely N-dealkylation sites (tertiary alicyclic amines) is 1. The Morgan fingerprint density at radius 3 is 2.52 bits per heavy atom. The van der Waals surface area contributed by atoms with E-state index < -0.39 is 12.3 Å². The summed E-state index contributed by atoms with van der Waals surface area (Å²) in [5.74, 6) is 1.44. The van der Waals surface area contributed by atoms with E-state index in [4.69, 9.17) is 9.47 Å². The van der Waals surface area contributed by atoms with Gasteiger partial charge in [0.1, 0.15) is 35.8 Å². The number of nitrogens with one attached hydrogen (secondary N) is 1. The Labute approximate surface area is 277 Å². The standard InChI is InChI=1S/C34H37FN10O3/c1-22-37-17-29(42(22)2)33(46)45-10-9-31(28(35)18-45)48-30-8-3-23(15-24(30)16-36)32-38-21-39-34(41-32)40-25-4-6-26(7-5-25)43-11-13-44(14-12-43)27-19-47-20-27/h3-8,15,17,21,27-28,31H,9-14,18-20H2,1-2H3,(H,38,39,40,41)/t28-,31-/m0/s1. The Balaban J connectivity index is 0.965. The van der Waals surface area contributed by atoms with Gasteiger partial charge in [0.05, 0.1) is 37.6 Å². The van der Waals surface area contributed by atoms with Crippen LogP contribution in [-0.2, 0) is 11.8 Å². The molecule has 2 aromatic carbocycles. The van der Waals surface area contributed by atoms with Gasteiger partial charge in [-0.2, -0.15) is 10.2 Å². The molecule has 0 spiro atoms. The Hall–Kier alpha value is -5.13. The molecular formula is C34H37FN10O3. The second-order valence-corrected chi connectivity index (χ2v) is 12.3. The number of imidazole rings is 1. The first-order valence-electron chi connectivity index (χ1n) is 16.1. The van der Waals surface area contributed by atoms with E-state index in [0.717, 1.165) is 45.1 Å². The highest BCUT2D eigenvalue weighted by Gasteiger charge is 2.35. The number of halogens is 1. The van der Waals surface area contributed by atoms with Crippen molar-refractivity contribution >= 4 is 23.2 Å². The highest BCUT2D eigenvalue weighted by Crippen LogP contribution is 2.29. The first-order valence-corrected chi connectivity index (χ1v) is 16.1. The van der Waals surface area contributed by atoms with Gasteiger partial charge in [-0.25, -0.2) is 19.3 Å². The molecule has 2 aromatic heterocycles. The summed E-state index contributed by atoms with van der Waals surface area (Å²) in [6.45, 7) is 7.75. The number of alkyl halides is 1. The zero-order chi connectivity index (χ0) is 33.2. The van der Waals surface area contributed by atoms with Gasteiger partial charge in [0, 0.05) is 63.1 Å².